The van der Waals surface area contributed by atoms with Gasteiger partial charge in [0.25, 0.3) is 0 Å². The maximum atomic E-state index is 4.94. The van der Waals surface area contributed by atoms with Crippen LogP contribution in [0, 0.1) is 0 Å². The molecule has 4 heteroatoms. The van der Waals surface area contributed by atoms with E-state index in [-0.39, 0.29) is 0 Å². The summed E-state index contributed by atoms with van der Waals surface area (Å²) in [7, 11) is 0. The Morgan fingerprint density at radius 3 is 2.65 bits per heavy atom. The zero-order valence-electron chi connectivity index (χ0n) is 13.5. The number of anilines is 1. The van der Waals surface area contributed by atoms with E-state index in [1.54, 1.807) is 0 Å². The van der Waals surface area contributed by atoms with E-state index in [1.807, 2.05) is 24.5 Å². The van der Waals surface area contributed by atoms with E-state index in [9.17, 15) is 0 Å². The van der Waals surface area contributed by atoms with Crippen molar-refractivity contribution in [2.45, 2.75) is 26.2 Å². The molecule has 0 atom stereocenters. The number of fused-ring (bicyclic) bond motifs is 1. The summed E-state index contributed by atoms with van der Waals surface area (Å²) in [5.74, 6) is 1.58. The Hall–Kier alpha value is -2.62. The molecule has 2 aromatic heterocycles. The van der Waals surface area contributed by atoms with Gasteiger partial charge in [-0.1, -0.05) is 32.0 Å². The lowest BCUT2D eigenvalue weighted by Gasteiger charge is -2.14. The molecule has 3 aromatic rings. The molecule has 4 rings (SSSR count). The Labute approximate surface area is 136 Å². The number of nitrogens with zero attached hydrogens (tertiary/aromatic N) is 3. The SMILES string of the molecule is CC(C)c1ccccc1-n1nc(-c2ccncc2)c2c1NCC2. The van der Waals surface area contributed by atoms with Gasteiger partial charge in [-0.2, -0.15) is 5.10 Å². The summed E-state index contributed by atoms with van der Waals surface area (Å²) in [6, 6.07) is 12.6. The Morgan fingerprint density at radius 1 is 1.09 bits per heavy atom. The number of hydrogen-bond donors (Lipinski definition) is 1. The average Bonchev–Trinajstić information content (AvgIpc) is 3.18. The van der Waals surface area contributed by atoms with Crippen LogP contribution in [-0.2, 0) is 6.42 Å². The first-order valence-electron chi connectivity index (χ1n) is 8.11. The number of nitrogens with one attached hydrogen (secondary N) is 1. The molecule has 1 aromatic carbocycles. The third-order valence-electron chi connectivity index (χ3n) is 4.39. The molecule has 0 amide bonds. The van der Waals surface area contributed by atoms with Crippen molar-refractivity contribution >= 4 is 5.82 Å². The summed E-state index contributed by atoms with van der Waals surface area (Å²) < 4.78 is 2.08. The van der Waals surface area contributed by atoms with Crippen LogP contribution in [0.4, 0.5) is 5.82 Å². The number of benzene rings is 1. The molecule has 0 saturated heterocycles. The van der Waals surface area contributed by atoms with Gasteiger partial charge in [-0.05, 0) is 36.1 Å². The predicted octanol–water partition coefficient (Wildman–Crippen LogP) is 4.03. The molecule has 0 saturated carbocycles. The molecular weight excluding hydrogens is 284 g/mol. The van der Waals surface area contributed by atoms with Gasteiger partial charge in [0.1, 0.15) is 5.82 Å². The molecule has 0 spiro atoms. The maximum absolute atomic E-state index is 4.94. The highest BCUT2D eigenvalue weighted by Crippen LogP contribution is 2.36. The Balaban J connectivity index is 1.92. The van der Waals surface area contributed by atoms with Crippen LogP contribution in [0.3, 0.4) is 0 Å². The standard InChI is InChI=1S/C19H20N4/c1-13(2)15-5-3-4-6-17(15)23-19-16(9-12-21-19)18(22-23)14-7-10-20-11-8-14/h3-8,10-11,13,21H,9,12H2,1-2H3. The van der Waals surface area contributed by atoms with Crippen LogP contribution in [0.5, 0.6) is 0 Å². The lowest BCUT2D eigenvalue weighted by molar-refractivity contribution is 0.812. The van der Waals surface area contributed by atoms with Crippen molar-refractivity contribution in [1.29, 1.82) is 0 Å². The minimum atomic E-state index is 0.455. The van der Waals surface area contributed by atoms with Gasteiger partial charge in [-0.25, -0.2) is 4.68 Å². The normalized spacial score (nSPS) is 13.2. The molecule has 4 nitrogen and oxygen atoms in total. The van der Waals surface area contributed by atoms with Crippen LogP contribution in [0.1, 0.15) is 30.9 Å². The van der Waals surface area contributed by atoms with Gasteiger partial charge in [0.05, 0.1) is 11.4 Å². The first-order valence-corrected chi connectivity index (χ1v) is 8.11. The number of rotatable bonds is 3. The highest BCUT2D eigenvalue weighted by Gasteiger charge is 2.25. The van der Waals surface area contributed by atoms with Gasteiger partial charge in [-0.15, -0.1) is 0 Å². The third-order valence-corrected chi connectivity index (χ3v) is 4.39. The molecule has 116 valence electrons. The van der Waals surface area contributed by atoms with Crippen LogP contribution < -0.4 is 5.32 Å². The summed E-state index contributed by atoms with van der Waals surface area (Å²) in [5, 5.41) is 8.45. The van der Waals surface area contributed by atoms with Crippen LogP contribution in [-0.4, -0.2) is 21.3 Å². The topological polar surface area (TPSA) is 42.7 Å². The van der Waals surface area contributed by atoms with E-state index in [0.29, 0.717) is 5.92 Å². The molecule has 0 unspecified atom stereocenters. The first kappa shape index (κ1) is 14.0. The molecule has 0 bridgehead atoms. The van der Waals surface area contributed by atoms with Crippen molar-refractivity contribution in [2.75, 3.05) is 11.9 Å². The lowest BCUT2D eigenvalue weighted by atomic mass is 10.0. The Kier molecular flexibility index (Phi) is 3.37. The van der Waals surface area contributed by atoms with Crippen molar-refractivity contribution in [1.82, 2.24) is 14.8 Å². The first-order chi connectivity index (χ1) is 11.3. The van der Waals surface area contributed by atoms with Crippen molar-refractivity contribution in [3.05, 3.63) is 59.9 Å². The third kappa shape index (κ3) is 2.31. The second kappa shape index (κ2) is 5.54. The van der Waals surface area contributed by atoms with Gasteiger partial charge in [0, 0.05) is 30.1 Å². The minimum Gasteiger partial charge on any atom is -0.369 e. The van der Waals surface area contributed by atoms with Crippen LogP contribution >= 0.6 is 0 Å². The van der Waals surface area contributed by atoms with Crippen molar-refractivity contribution in [3.8, 4) is 16.9 Å². The van der Waals surface area contributed by atoms with Crippen molar-refractivity contribution < 1.29 is 0 Å². The summed E-state index contributed by atoms with van der Waals surface area (Å²) in [5.41, 5.74) is 5.96. The molecule has 1 N–H and O–H groups in total. The lowest BCUT2D eigenvalue weighted by Crippen LogP contribution is -2.07. The zero-order valence-corrected chi connectivity index (χ0v) is 13.5. The molecule has 0 aliphatic carbocycles. The summed E-state index contributed by atoms with van der Waals surface area (Å²) in [4.78, 5) is 4.12. The van der Waals surface area contributed by atoms with Crippen LogP contribution in [0.15, 0.2) is 48.8 Å². The fraction of sp³-hybridized carbons (Fsp3) is 0.263. The molecule has 3 heterocycles. The number of hydrogen-bond acceptors (Lipinski definition) is 3. The van der Waals surface area contributed by atoms with E-state index in [2.05, 4.69) is 53.1 Å². The van der Waals surface area contributed by atoms with Crippen molar-refractivity contribution in [2.24, 2.45) is 0 Å². The van der Waals surface area contributed by atoms with Gasteiger partial charge < -0.3 is 5.32 Å². The highest BCUT2D eigenvalue weighted by molar-refractivity contribution is 5.72. The molecule has 1 aliphatic rings. The molecule has 0 fully saturated rings. The van der Waals surface area contributed by atoms with E-state index in [0.717, 1.165) is 35.7 Å². The van der Waals surface area contributed by atoms with Gasteiger partial charge in [0.15, 0.2) is 0 Å². The van der Waals surface area contributed by atoms with Crippen molar-refractivity contribution in [3.63, 3.8) is 0 Å². The van der Waals surface area contributed by atoms with E-state index < -0.39 is 0 Å². The molecule has 23 heavy (non-hydrogen) atoms. The fourth-order valence-corrected chi connectivity index (χ4v) is 3.26. The second-order valence-corrected chi connectivity index (χ2v) is 6.21. The quantitative estimate of drug-likeness (QED) is 0.794. The average molecular weight is 304 g/mol. The molecule has 0 radical (unpaired) electrons. The molecule has 1 aliphatic heterocycles. The van der Waals surface area contributed by atoms with E-state index in [4.69, 9.17) is 5.10 Å². The molecular formula is C19H20N4. The Bertz CT molecular complexity index is 834. The fourth-order valence-electron chi connectivity index (χ4n) is 3.26. The number of para-hydroxylation sites is 1. The van der Waals surface area contributed by atoms with Gasteiger partial charge in [-0.3, -0.25) is 4.98 Å². The van der Waals surface area contributed by atoms with E-state index in [1.165, 1.54) is 11.1 Å². The van der Waals surface area contributed by atoms with Crippen LogP contribution in [0.25, 0.3) is 16.9 Å². The summed E-state index contributed by atoms with van der Waals surface area (Å²) >= 11 is 0. The van der Waals surface area contributed by atoms with Gasteiger partial charge in [0.2, 0.25) is 0 Å². The maximum Gasteiger partial charge on any atom is 0.133 e. The summed E-state index contributed by atoms with van der Waals surface area (Å²) in [6.07, 6.45) is 4.66. The minimum absolute atomic E-state index is 0.455. The smallest absolute Gasteiger partial charge is 0.133 e. The van der Waals surface area contributed by atoms with E-state index >= 15 is 0 Å². The zero-order chi connectivity index (χ0) is 15.8. The monoisotopic (exact) mass is 304 g/mol. The predicted molar refractivity (Wildman–Crippen MR) is 93.1 cm³/mol. The highest BCUT2D eigenvalue weighted by atomic mass is 15.3. The number of pyridine rings is 1. The second-order valence-electron chi connectivity index (χ2n) is 6.21. The Morgan fingerprint density at radius 2 is 1.87 bits per heavy atom. The largest absolute Gasteiger partial charge is 0.369 e. The van der Waals surface area contributed by atoms with Gasteiger partial charge >= 0.3 is 0 Å². The summed E-state index contributed by atoms with van der Waals surface area (Å²) in [6.45, 7) is 5.41. The van der Waals surface area contributed by atoms with Crippen LogP contribution in [0.2, 0.25) is 0 Å². The number of aromatic nitrogens is 3.